The molecule has 0 aromatic heterocycles. The highest BCUT2D eigenvalue weighted by Crippen LogP contribution is 2.43. The quantitative estimate of drug-likeness (QED) is 0.635. The van der Waals surface area contributed by atoms with Crippen LogP contribution in [0.3, 0.4) is 0 Å². The minimum Gasteiger partial charge on any atom is -0.495 e. The van der Waals surface area contributed by atoms with Crippen molar-refractivity contribution >= 4 is 28.3 Å². The fourth-order valence-corrected chi connectivity index (χ4v) is 3.04. The van der Waals surface area contributed by atoms with Crippen molar-refractivity contribution in [1.82, 2.24) is 0 Å². The van der Waals surface area contributed by atoms with Gasteiger partial charge in [-0.15, -0.1) is 0 Å². The molecule has 1 unspecified atom stereocenters. The van der Waals surface area contributed by atoms with Crippen LogP contribution in [0, 0.1) is 6.92 Å². The zero-order valence-corrected chi connectivity index (χ0v) is 10.6. The van der Waals surface area contributed by atoms with Crippen LogP contribution in [0.1, 0.15) is 21.5 Å². The molecule has 1 aliphatic rings. The molecule has 0 amide bonds. The fraction of sp³-hybridized carbons (Fsp3) is 0.455. The summed E-state index contributed by atoms with van der Waals surface area (Å²) in [5, 5.41) is 3.42. The molecule has 0 bridgehead atoms. The molecule has 0 radical (unpaired) electrons. The van der Waals surface area contributed by atoms with E-state index in [9.17, 15) is 0 Å². The second kappa shape index (κ2) is 3.96. The molecule has 1 atom stereocenters. The molecule has 76 valence electrons. The van der Waals surface area contributed by atoms with Crippen LogP contribution >= 0.6 is 22.6 Å². The summed E-state index contributed by atoms with van der Waals surface area (Å²) in [6.07, 6.45) is 1.20. The maximum Gasteiger partial charge on any atom is 0.142 e. The van der Waals surface area contributed by atoms with Crippen molar-refractivity contribution in [1.29, 1.82) is 0 Å². The maximum absolute atomic E-state index is 5.35. The standard InChI is InChI=1S/C11H14INO/c1-7-3-4-9(14-2)11-10(7)8(12)5-6-13-11/h3-4,8,13H,5-6H2,1-2H3. The van der Waals surface area contributed by atoms with Gasteiger partial charge in [0, 0.05) is 10.5 Å². The van der Waals surface area contributed by atoms with Crippen LogP contribution in [0.5, 0.6) is 5.75 Å². The lowest BCUT2D eigenvalue weighted by atomic mass is 9.98. The zero-order chi connectivity index (χ0) is 10.1. The van der Waals surface area contributed by atoms with E-state index in [1.54, 1.807) is 7.11 Å². The predicted molar refractivity (Wildman–Crippen MR) is 67.6 cm³/mol. The SMILES string of the molecule is COc1ccc(C)c2c1NCCC2I. The van der Waals surface area contributed by atoms with Crippen LogP contribution in [0.2, 0.25) is 0 Å². The summed E-state index contributed by atoms with van der Waals surface area (Å²) in [4.78, 5) is 0. The number of benzene rings is 1. The van der Waals surface area contributed by atoms with Crippen molar-refractivity contribution in [3.8, 4) is 5.75 Å². The molecule has 0 aliphatic carbocycles. The van der Waals surface area contributed by atoms with Crippen molar-refractivity contribution in [2.24, 2.45) is 0 Å². The van der Waals surface area contributed by atoms with Gasteiger partial charge in [0.1, 0.15) is 5.75 Å². The first-order valence-corrected chi connectivity index (χ1v) is 6.04. The highest BCUT2D eigenvalue weighted by atomic mass is 127. The third kappa shape index (κ3) is 1.58. The highest BCUT2D eigenvalue weighted by Gasteiger charge is 2.22. The number of halogens is 1. The summed E-state index contributed by atoms with van der Waals surface area (Å²) >= 11 is 2.51. The van der Waals surface area contributed by atoms with E-state index in [-0.39, 0.29) is 0 Å². The van der Waals surface area contributed by atoms with E-state index in [4.69, 9.17) is 4.74 Å². The molecular formula is C11H14INO. The lowest BCUT2D eigenvalue weighted by Gasteiger charge is -2.26. The van der Waals surface area contributed by atoms with E-state index in [1.807, 2.05) is 6.07 Å². The summed E-state index contributed by atoms with van der Waals surface area (Å²) in [6.45, 7) is 3.21. The van der Waals surface area contributed by atoms with E-state index in [2.05, 4.69) is 40.9 Å². The molecule has 14 heavy (non-hydrogen) atoms. The highest BCUT2D eigenvalue weighted by molar-refractivity contribution is 14.1. The Hall–Kier alpha value is -0.450. The Morgan fingerprint density at radius 1 is 1.50 bits per heavy atom. The van der Waals surface area contributed by atoms with Gasteiger partial charge < -0.3 is 10.1 Å². The number of anilines is 1. The number of alkyl halides is 1. The van der Waals surface area contributed by atoms with E-state index < -0.39 is 0 Å². The van der Waals surface area contributed by atoms with Gasteiger partial charge in [-0.05, 0) is 30.5 Å². The molecule has 1 N–H and O–H groups in total. The lowest BCUT2D eigenvalue weighted by Crippen LogP contribution is -2.15. The van der Waals surface area contributed by atoms with Crippen LogP contribution in [0.15, 0.2) is 12.1 Å². The zero-order valence-electron chi connectivity index (χ0n) is 8.43. The number of ether oxygens (including phenoxy) is 1. The summed E-state index contributed by atoms with van der Waals surface area (Å²) in [5.41, 5.74) is 3.96. The molecule has 0 saturated carbocycles. The molecule has 1 heterocycles. The predicted octanol–water partition coefficient (Wildman–Crippen LogP) is 3.30. The van der Waals surface area contributed by atoms with E-state index in [0.29, 0.717) is 3.92 Å². The average molecular weight is 303 g/mol. The van der Waals surface area contributed by atoms with E-state index >= 15 is 0 Å². The minimum absolute atomic E-state index is 0.610. The maximum atomic E-state index is 5.35. The van der Waals surface area contributed by atoms with Gasteiger partial charge in [0.2, 0.25) is 0 Å². The molecule has 3 heteroatoms. The summed E-state index contributed by atoms with van der Waals surface area (Å²) in [6, 6.07) is 4.17. The Kier molecular flexibility index (Phi) is 2.85. The van der Waals surface area contributed by atoms with Crippen LogP contribution in [0.25, 0.3) is 0 Å². The van der Waals surface area contributed by atoms with Crippen LogP contribution in [-0.4, -0.2) is 13.7 Å². The average Bonchev–Trinajstić information content (AvgIpc) is 2.18. The normalized spacial score (nSPS) is 19.8. The Balaban J connectivity index is 2.57. The van der Waals surface area contributed by atoms with Crippen molar-refractivity contribution in [2.45, 2.75) is 17.3 Å². The van der Waals surface area contributed by atoms with Crippen molar-refractivity contribution in [3.05, 3.63) is 23.3 Å². The molecule has 2 rings (SSSR count). The Morgan fingerprint density at radius 3 is 3.00 bits per heavy atom. The van der Waals surface area contributed by atoms with Crippen LogP contribution < -0.4 is 10.1 Å². The number of aryl methyl sites for hydroxylation is 1. The van der Waals surface area contributed by atoms with Crippen LogP contribution in [-0.2, 0) is 0 Å². The number of nitrogens with one attached hydrogen (secondary N) is 1. The molecule has 2 nitrogen and oxygen atoms in total. The largest absolute Gasteiger partial charge is 0.495 e. The number of hydrogen-bond acceptors (Lipinski definition) is 2. The molecule has 1 aliphatic heterocycles. The molecule has 0 saturated heterocycles. The van der Waals surface area contributed by atoms with Gasteiger partial charge in [0.15, 0.2) is 0 Å². The first-order valence-electron chi connectivity index (χ1n) is 4.79. The summed E-state index contributed by atoms with van der Waals surface area (Å²) in [7, 11) is 1.73. The molecular weight excluding hydrogens is 289 g/mol. The first kappa shape index (κ1) is 10.1. The molecule has 0 spiro atoms. The van der Waals surface area contributed by atoms with Gasteiger partial charge in [-0.3, -0.25) is 0 Å². The van der Waals surface area contributed by atoms with Crippen molar-refractivity contribution in [3.63, 3.8) is 0 Å². The molecule has 1 aromatic rings. The number of hydrogen-bond donors (Lipinski definition) is 1. The number of fused-ring (bicyclic) bond motifs is 1. The summed E-state index contributed by atoms with van der Waals surface area (Å²) in [5.74, 6) is 0.965. The monoisotopic (exact) mass is 303 g/mol. The van der Waals surface area contributed by atoms with Gasteiger partial charge in [0.05, 0.1) is 12.8 Å². The smallest absolute Gasteiger partial charge is 0.142 e. The second-order valence-electron chi connectivity index (χ2n) is 3.56. The third-order valence-electron chi connectivity index (χ3n) is 2.66. The van der Waals surface area contributed by atoms with Crippen molar-refractivity contribution < 1.29 is 4.74 Å². The van der Waals surface area contributed by atoms with Gasteiger partial charge in [-0.25, -0.2) is 0 Å². The fourth-order valence-electron chi connectivity index (χ4n) is 1.93. The Labute approximate surface area is 98.2 Å². The lowest BCUT2D eigenvalue weighted by molar-refractivity contribution is 0.415. The second-order valence-corrected chi connectivity index (χ2v) is 5.06. The first-order chi connectivity index (χ1) is 6.74. The minimum atomic E-state index is 0.610. The van der Waals surface area contributed by atoms with Crippen LogP contribution in [0.4, 0.5) is 5.69 Å². The number of rotatable bonds is 1. The van der Waals surface area contributed by atoms with Gasteiger partial charge in [-0.1, -0.05) is 28.7 Å². The Bertz CT molecular complexity index is 351. The van der Waals surface area contributed by atoms with Gasteiger partial charge in [0.25, 0.3) is 0 Å². The van der Waals surface area contributed by atoms with E-state index in [0.717, 1.165) is 12.3 Å². The van der Waals surface area contributed by atoms with Crippen molar-refractivity contribution in [2.75, 3.05) is 19.0 Å². The third-order valence-corrected chi connectivity index (χ3v) is 3.90. The Morgan fingerprint density at radius 2 is 2.29 bits per heavy atom. The number of methoxy groups -OCH3 is 1. The van der Waals surface area contributed by atoms with E-state index in [1.165, 1.54) is 23.2 Å². The van der Waals surface area contributed by atoms with Gasteiger partial charge >= 0.3 is 0 Å². The van der Waals surface area contributed by atoms with Gasteiger partial charge in [-0.2, -0.15) is 0 Å². The summed E-state index contributed by atoms with van der Waals surface area (Å²) < 4.78 is 5.96. The molecule has 0 fully saturated rings. The molecule has 1 aromatic carbocycles. The topological polar surface area (TPSA) is 21.3 Å².